The number of nitrogens with zero attached hydrogens (tertiary/aromatic N) is 2. The molecule has 0 radical (unpaired) electrons. The van der Waals surface area contributed by atoms with E-state index < -0.39 is 11.6 Å². The summed E-state index contributed by atoms with van der Waals surface area (Å²) in [7, 11) is 0. The minimum atomic E-state index is -0.732. The Morgan fingerprint density at radius 3 is 2.83 bits per heavy atom. The van der Waals surface area contributed by atoms with Gasteiger partial charge in [-0.15, -0.1) is 0 Å². The second-order valence-corrected chi connectivity index (χ2v) is 9.96. The van der Waals surface area contributed by atoms with Gasteiger partial charge in [0.05, 0.1) is 29.3 Å². The van der Waals surface area contributed by atoms with E-state index in [9.17, 15) is 9.90 Å². The lowest BCUT2D eigenvalue weighted by Gasteiger charge is -2.48. The van der Waals surface area contributed by atoms with E-state index >= 15 is 0 Å². The molecule has 0 spiro atoms. The van der Waals surface area contributed by atoms with E-state index in [0.717, 1.165) is 18.7 Å². The van der Waals surface area contributed by atoms with Gasteiger partial charge in [0.25, 0.3) is 0 Å². The molecule has 7 heteroatoms. The number of carbonyl (C=O) groups excluding carboxylic acids is 1. The standard InChI is InChI=1S/C23H39N5O2/c1-4-20(24)27-19-12-25-14(2)28-13-18(21(29)23(19,28)3)26-22(30)17-11-7-9-15-8-5-6-10-16(15)17/h15-19,21,25,29H,2,4-13H2,1,3H3,(H2,24,27)(H,26,30)/t15?,16?,17?,18?,19?,21-,23+/m1/s1. The quantitative estimate of drug-likeness (QED) is 0.412. The Balaban J connectivity index is 1.50. The third kappa shape index (κ3) is 3.59. The van der Waals surface area contributed by atoms with Gasteiger partial charge < -0.3 is 26.4 Å². The van der Waals surface area contributed by atoms with Gasteiger partial charge in [0.1, 0.15) is 6.10 Å². The summed E-state index contributed by atoms with van der Waals surface area (Å²) in [5.74, 6) is 2.81. The Kier molecular flexibility index (Phi) is 6.02. The van der Waals surface area contributed by atoms with Crippen molar-refractivity contribution in [3.8, 4) is 0 Å². The summed E-state index contributed by atoms with van der Waals surface area (Å²) in [4.78, 5) is 20.1. The fourth-order valence-electron chi connectivity index (χ4n) is 6.50. The molecule has 1 amide bonds. The van der Waals surface area contributed by atoms with Gasteiger partial charge in [0.15, 0.2) is 0 Å². The van der Waals surface area contributed by atoms with Gasteiger partial charge in [0.2, 0.25) is 5.91 Å². The van der Waals surface area contributed by atoms with E-state index in [1.54, 1.807) is 0 Å². The van der Waals surface area contributed by atoms with Crippen molar-refractivity contribution in [2.24, 2.45) is 28.5 Å². The maximum atomic E-state index is 13.3. The van der Waals surface area contributed by atoms with Crippen molar-refractivity contribution in [3.63, 3.8) is 0 Å². The summed E-state index contributed by atoms with van der Waals surface area (Å²) in [6, 6.07) is -0.527. The zero-order chi connectivity index (χ0) is 21.5. The molecular formula is C23H39N5O2. The molecule has 168 valence electrons. The van der Waals surface area contributed by atoms with E-state index in [2.05, 4.69) is 27.1 Å². The van der Waals surface area contributed by atoms with Crippen LogP contribution in [0, 0.1) is 17.8 Å². The first-order valence-corrected chi connectivity index (χ1v) is 11.9. The number of rotatable bonds is 4. The van der Waals surface area contributed by atoms with E-state index in [0.29, 0.717) is 37.2 Å². The molecule has 5 N–H and O–H groups in total. The molecule has 4 rings (SSSR count). The van der Waals surface area contributed by atoms with Crippen molar-refractivity contribution in [2.45, 2.75) is 88.9 Å². The minimum Gasteiger partial charge on any atom is -0.388 e. The third-order valence-corrected chi connectivity index (χ3v) is 8.36. The number of amidine groups is 1. The average Bonchev–Trinajstić information content (AvgIpc) is 3.01. The topological polar surface area (TPSA) is 103 Å². The second-order valence-electron chi connectivity index (χ2n) is 9.96. The Bertz CT molecular complexity index is 708. The number of aliphatic imine (C=N–C) groups is 1. The van der Waals surface area contributed by atoms with Crippen LogP contribution < -0.4 is 16.4 Å². The maximum Gasteiger partial charge on any atom is 0.223 e. The number of hydrogen-bond donors (Lipinski definition) is 4. The smallest absolute Gasteiger partial charge is 0.223 e. The van der Waals surface area contributed by atoms with Crippen molar-refractivity contribution >= 4 is 11.7 Å². The number of amides is 1. The van der Waals surface area contributed by atoms with Gasteiger partial charge in [0, 0.05) is 25.4 Å². The molecule has 7 nitrogen and oxygen atoms in total. The monoisotopic (exact) mass is 417 g/mol. The molecule has 2 aliphatic carbocycles. The van der Waals surface area contributed by atoms with Crippen LogP contribution in [0.4, 0.5) is 0 Å². The molecule has 4 fully saturated rings. The van der Waals surface area contributed by atoms with Crippen molar-refractivity contribution in [1.29, 1.82) is 0 Å². The van der Waals surface area contributed by atoms with Gasteiger partial charge in [-0.3, -0.25) is 9.79 Å². The highest BCUT2D eigenvalue weighted by molar-refractivity contribution is 5.80. The Morgan fingerprint density at radius 1 is 1.33 bits per heavy atom. The molecule has 2 heterocycles. The first-order chi connectivity index (χ1) is 14.4. The van der Waals surface area contributed by atoms with Crippen LogP contribution in [0.1, 0.15) is 65.2 Å². The Morgan fingerprint density at radius 2 is 2.07 bits per heavy atom. The van der Waals surface area contributed by atoms with Gasteiger partial charge in [-0.05, 0) is 31.6 Å². The van der Waals surface area contributed by atoms with Crippen LogP contribution in [-0.2, 0) is 4.79 Å². The first-order valence-electron chi connectivity index (χ1n) is 11.9. The number of nitrogens with two attached hydrogens (primary N) is 1. The highest BCUT2D eigenvalue weighted by atomic mass is 16.3. The molecule has 7 atom stereocenters. The van der Waals surface area contributed by atoms with Crippen molar-refractivity contribution in [1.82, 2.24) is 15.5 Å². The highest BCUT2D eigenvalue weighted by Crippen LogP contribution is 2.44. The van der Waals surface area contributed by atoms with Crippen molar-refractivity contribution in [3.05, 3.63) is 12.4 Å². The lowest BCUT2D eigenvalue weighted by molar-refractivity contribution is -0.131. The molecule has 0 aromatic rings. The van der Waals surface area contributed by atoms with Crippen LogP contribution in [0.25, 0.3) is 0 Å². The zero-order valence-corrected chi connectivity index (χ0v) is 18.6. The van der Waals surface area contributed by atoms with Crippen molar-refractivity contribution in [2.75, 3.05) is 13.1 Å². The maximum absolute atomic E-state index is 13.3. The van der Waals surface area contributed by atoms with Crippen LogP contribution in [0.2, 0.25) is 0 Å². The summed E-state index contributed by atoms with van der Waals surface area (Å²) >= 11 is 0. The largest absolute Gasteiger partial charge is 0.388 e. The summed E-state index contributed by atoms with van der Waals surface area (Å²) in [5, 5.41) is 17.9. The summed E-state index contributed by atoms with van der Waals surface area (Å²) in [5.41, 5.74) is 5.39. The molecule has 2 saturated carbocycles. The van der Waals surface area contributed by atoms with Crippen LogP contribution in [0.3, 0.4) is 0 Å². The number of carbonyl (C=O) groups is 1. The lowest BCUT2D eigenvalue weighted by atomic mass is 9.65. The van der Waals surface area contributed by atoms with Gasteiger partial charge in [-0.25, -0.2) is 0 Å². The summed E-state index contributed by atoms with van der Waals surface area (Å²) in [6.45, 7) is 9.25. The number of hydrogen-bond acceptors (Lipinski definition) is 5. The van der Waals surface area contributed by atoms with Crippen molar-refractivity contribution < 1.29 is 9.90 Å². The Labute approximate surface area is 180 Å². The van der Waals surface area contributed by atoms with E-state index in [4.69, 9.17) is 5.73 Å². The van der Waals surface area contributed by atoms with E-state index in [1.165, 1.54) is 32.1 Å². The Hall–Kier alpha value is -1.76. The first kappa shape index (κ1) is 21.5. The number of aliphatic hydroxyl groups is 1. The fourth-order valence-corrected chi connectivity index (χ4v) is 6.50. The molecule has 2 saturated heterocycles. The predicted molar refractivity (Wildman–Crippen MR) is 119 cm³/mol. The molecular weight excluding hydrogens is 378 g/mol. The normalized spacial score (nSPS) is 41.6. The lowest BCUT2D eigenvalue weighted by Crippen LogP contribution is -2.64. The number of nitrogens with one attached hydrogen (secondary N) is 2. The molecule has 0 aromatic heterocycles. The predicted octanol–water partition coefficient (Wildman–Crippen LogP) is 1.72. The van der Waals surface area contributed by atoms with E-state index in [-0.39, 0.29) is 23.9 Å². The molecule has 0 bridgehead atoms. The molecule has 5 unspecified atom stereocenters. The second kappa shape index (κ2) is 8.40. The minimum absolute atomic E-state index is 0.0903. The molecule has 30 heavy (non-hydrogen) atoms. The molecule has 2 aliphatic heterocycles. The zero-order valence-electron chi connectivity index (χ0n) is 18.6. The van der Waals surface area contributed by atoms with Crippen LogP contribution in [0.5, 0.6) is 0 Å². The fraction of sp³-hybridized carbons (Fsp3) is 0.826. The highest BCUT2D eigenvalue weighted by Gasteiger charge is 2.57. The van der Waals surface area contributed by atoms with Crippen LogP contribution in [-0.4, -0.2) is 58.6 Å². The SMILES string of the molecule is C=C1NCC(N=C(N)CC)[C@@]2(C)[C@H](O)C(NC(=O)C3CCCC4CCCCC43)CN12. The van der Waals surface area contributed by atoms with Gasteiger partial charge in [-0.1, -0.05) is 45.6 Å². The molecule has 0 aromatic carbocycles. The van der Waals surface area contributed by atoms with Gasteiger partial charge in [-0.2, -0.15) is 0 Å². The summed E-state index contributed by atoms with van der Waals surface area (Å²) < 4.78 is 0. The van der Waals surface area contributed by atoms with Gasteiger partial charge >= 0.3 is 0 Å². The molecule has 4 aliphatic rings. The van der Waals surface area contributed by atoms with E-state index in [1.807, 2.05) is 13.8 Å². The average molecular weight is 418 g/mol. The number of fused-ring (bicyclic) bond motifs is 2. The third-order valence-electron chi connectivity index (χ3n) is 8.36. The van der Waals surface area contributed by atoms with Crippen LogP contribution >= 0.6 is 0 Å². The number of aliphatic hydroxyl groups excluding tert-OH is 1. The van der Waals surface area contributed by atoms with Crippen LogP contribution in [0.15, 0.2) is 17.4 Å². The summed E-state index contributed by atoms with van der Waals surface area (Å²) in [6.07, 6.45) is 8.34.